The van der Waals surface area contributed by atoms with Gasteiger partial charge in [0.1, 0.15) is 5.82 Å². The number of unbranched alkanes of at least 4 members (excludes halogenated alkanes) is 4. The second-order valence-electron chi connectivity index (χ2n) is 10.1. The molecule has 0 heterocycles. The van der Waals surface area contributed by atoms with Crippen LogP contribution in [0.1, 0.15) is 112 Å². The van der Waals surface area contributed by atoms with Crippen molar-refractivity contribution in [1.29, 1.82) is 0 Å². The molecule has 3 heteroatoms. The van der Waals surface area contributed by atoms with Crippen LogP contribution >= 0.6 is 0 Å². The summed E-state index contributed by atoms with van der Waals surface area (Å²) in [5, 5.41) is 0. The summed E-state index contributed by atoms with van der Waals surface area (Å²) in [7, 11) is 0. The van der Waals surface area contributed by atoms with E-state index in [1.165, 1.54) is 70.3 Å². The van der Waals surface area contributed by atoms with E-state index >= 15 is 4.39 Å². The van der Waals surface area contributed by atoms with Crippen LogP contribution in [0.5, 0.6) is 0 Å². The third kappa shape index (κ3) is 5.41. The number of halogens is 3. The van der Waals surface area contributed by atoms with Crippen molar-refractivity contribution in [3.63, 3.8) is 0 Å². The summed E-state index contributed by atoms with van der Waals surface area (Å²) in [6, 6.07) is 8.69. The number of benzene rings is 2. The Morgan fingerprint density at radius 1 is 0.781 bits per heavy atom. The largest absolute Gasteiger partial charge is 0.207 e. The van der Waals surface area contributed by atoms with Gasteiger partial charge in [-0.2, -0.15) is 0 Å². The first kappa shape index (κ1) is 23.4. The predicted octanol–water partition coefficient (Wildman–Crippen LogP) is 9.01. The van der Waals surface area contributed by atoms with Crippen molar-refractivity contribution < 1.29 is 13.2 Å². The third-order valence-corrected chi connectivity index (χ3v) is 8.00. The van der Waals surface area contributed by atoms with Crippen LogP contribution in [0.3, 0.4) is 0 Å². The van der Waals surface area contributed by atoms with Gasteiger partial charge < -0.3 is 0 Å². The van der Waals surface area contributed by atoms with E-state index in [2.05, 4.69) is 13.0 Å². The average Bonchev–Trinajstić information content (AvgIpc) is 2.81. The van der Waals surface area contributed by atoms with Crippen molar-refractivity contribution in [3.8, 4) is 0 Å². The number of hydrogen-bond acceptors (Lipinski definition) is 0. The van der Waals surface area contributed by atoms with Crippen molar-refractivity contribution in [2.75, 3.05) is 0 Å². The second-order valence-corrected chi connectivity index (χ2v) is 10.1. The van der Waals surface area contributed by atoms with Gasteiger partial charge in [-0.05, 0) is 97.1 Å². The van der Waals surface area contributed by atoms with Gasteiger partial charge in [0.2, 0.25) is 0 Å². The van der Waals surface area contributed by atoms with Crippen LogP contribution in [0, 0.1) is 23.4 Å². The molecule has 0 aliphatic heterocycles. The molecule has 1 saturated carbocycles. The molecular weight excluding hydrogens is 405 g/mol. The Bertz CT molecular complexity index is 896. The lowest BCUT2D eigenvalue weighted by atomic mass is 9.76. The maximum atomic E-state index is 15.1. The Morgan fingerprint density at radius 3 is 2.31 bits per heavy atom. The summed E-state index contributed by atoms with van der Waals surface area (Å²) in [6.45, 7) is 2.26. The SMILES string of the molecule is CCCCCCCC1CCC(c2ccc(C3CCc4c(ccc(F)c4F)C3)c(F)c2)CC1. The molecular formula is C29H37F3. The molecule has 1 unspecified atom stereocenters. The van der Waals surface area contributed by atoms with Crippen LogP contribution in [-0.4, -0.2) is 0 Å². The van der Waals surface area contributed by atoms with Gasteiger partial charge in [-0.25, -0.2) is 13.2 Å². The smallest absolute Gasteiger partial charge is 0.162 e. The highest BCUT2D eigenvalue weighted by molar-refractivity contribution is 5.37. The molecule has 4 rings (SSSR count). The van der Waals surface area contributed by atoms with Gasteiger partial charge in [-0.3, -0.25) is 0 Å². The van der Waals surface area contributed by atoms with Crippen molar-refractivity contribution in [3.05, 3.63) is 70.0 Å². The fourth-order valence-electron chi connectivity index (χ4n) is 6.00. The molecule has 0 bridgehead atoms. The minimum atomic E-state index is -0.788. The minimum absolute atomic E-state index is 0.0323. The van der Waals surface area contributed by atoms with E-state index in [4.69, 9.17) is 0 Å². The molecule has 0 N–H and O–H groups in total. The van der Waals surface area contributed by atoms with Crippen LogP contribution in [-0.2, 0) is 12.8 Å². The highest BCUT2D eigenvalue weighted by Gasteiger charge is 2.27. The summed E-state index contributed by atoms with van der Waals surface area (Å²) < 4.78 is 42.7. The summed E-state index contributed by atoms with van der Waals surface area (Å²) in [5.74, 6) is -0.290. The first-order valence-corrected chi connectivity index (χ1v) is 12.8. The van der Waals surface area contributed by atoms with E-state index in [9.17, 15) is 8.78 Å². The lowest BCUT2D eigenvalue weighted by molar-refractivity contribution is 0.301. The number of hydrogen-bond donors (Lipinski definition) is 0. The van der Waals surface area contributed by atoms with Crippen LogP contribution < -0.4 is 0 Å². The van der Waals surface area contributed by atoms with Crippen LogP contribution in [0.15, 0.2) is 30.3 Å². The molecule has 2 aromatic carbocycles. The van der Waals surface area contributed by atoms with Gasteiger partial charge in [0, 0.05) is 0 Å². The summed E-state index contributed by atoms with van der Waals surface area (Å²) >= 11 is 0. The Hall–Kier alpha value is -1.77. The normalized spacial score (nSPS) is 23.2. The van der Waals surface area contributed by atoms with Gasteiger partial charge in [-0.1, -0.05) is 63.6 Å². The standard InChI is InChI=1S/C29H37F3/c1-2-3-4-5-6-7-20-8-10-21(11-9-20)22-12-15-25(28(31)19-22)23-13-16-26-24(18-23)14-17-27(30)29(26)32/h12,14-15,17,19-21,23H,2-11,13,16,18H2,1H3. The van der Waals surface area contributed by atoms with Crippen LogP contribution in [0.4, 0.5) is 13.2 Å². The molecule has 2 aliphatic carbocycles. The molecule has 0 amide bonds. The van der Waals surface area contributed by atoms with E-state index in [0.29, 0.717) is 30.7 Å². The zero-order valence-electron chi connectivity index (χ0n) is 19.4. The monoisotopic (exact) mass is 442 g/mol. The van der Waals surface area contributed by atoms with Crippen molar-refractivity contribution in [2.45, 2.75) is 102 Å². The van der Waals surface area contributed by atoms with E-state index in [-0.39, 0.29) is 11.7 Å². The molecule has 32 heavy (non-hydrogen) atoms. The molecule has 2 aromatic rings. The minimum Gasteiger partial charge on any atom is -0.207 e. The van der Waals surface area contributed by atoms with E-state index in [1.54, 1.807) is 12.1 Å². The maximum absolute atomic E-state index is 15.1. The summed E-state index contributed by atoms with van der Waals surface area (Å²) in [5.41, 5.74) is 3.15. The van der Waals surface area contributed by atoms with E-state index in [0.717, 1.165) is 22.6 Å². The first-order valence-electron chi connectivity index (χ1n) is 12.8. The molecule has 0 spiro atoms. The fraction of sp³-hybridized carbons (Fsp3) is 0.586. The Labute approximate surface area is 191 Å². The van der Waals surface area contributed by atoms with Crippen LogP contribution in [0.25, 0.3) is 0 Å². The van der Waals surface area contributed by atoms with E-state index in [1.807, 2.05) is 6.07 Å². The number of rotatable bonds is 8. The molecule has 0 aromatic heterocycles. The second kappa shape index (κ2) is 10.9. The van der Waals surface area contributed by atoms with Gasteiger partial charge >= 0.3 is 0 Å². The highest BCUT2D eigenvalue weighted by Crippen LogP contribution is 2.40. The quantitative estimate of drug-likeness (QED) is 0.358. The van der Waals surface area contributed by atoms with Crippen LogP contribution in [0.2, 0.25) is 0 Å². The van der Waals surface area contributed by atoms with Gasteiger partial charge in [0.15, 0.2) is 11.6 Å². The molecule has 2 aliphatic rings. The molecule has 1 atom stereocenters. The Morgan fingerprint density at radius 2 is 1.56 bits per heavy atom. The van der Waals surface area contributed by atoms with E-state index < -0.39 is 11.6 Å². The topological polar surface area (TPSA) is 0 Å². The fourth-order valence-corrected chi connectivity index (χ4v) is 6.00. The van der Waals surface area contributed by atoms with Crippen molar-refractivity contribution in [1.82, 2.24) is 0 Å². The van der Waals surface area contributed by atoms with Crippen molar-refractivity contribution in [2.24, 2.45) is 5.92 Å². The maximum Gasteiger partial charge on any atom is 0.162 e. The molecule has 1 fully saturated rings. The summed E-state index contributed by atoms with van der Waals surface area (Å²) in [6.07, 6.45) is 14.7. The molecule has 0 radical (unpaired) electrons. The predicted molar refractivity (Wildman–Crippen MR) is 126 cm³/mol. The summed E-state index contributed by atoms with van der Waals surface area (Å²) in [4.78, 5) is 0. The van der Waals surface area contributed by atoms with Gasteiger partial charge in [0.05, 0.1) is 0 Å². The zero-order chi connectivity index (χ0) is 22.5. The molecule has 0 saturated heterocycles. The zero-order valence-corrected chi connectivity index (χ0v) is 19.4. The van der Waals surface area contributed by atoms with Gasteiger partial charge in [0.25, 0.3) is 0 Å². The highest BCUT2D eigenvalue weighted by atomic mass is 19.2. The lowest BCUT2D eigenvalue weighted by Gasteiger charge is -2.30. The Balaban J connectivity index is 1.33. The Kier molecular flexibility index (Phi) is 7.97. The average molecular weight is 443 g/mol. The van der Waals surface area contributed by atoms with Gasteiger partial charge in [-0.15, -0.1) is 0 Å². The first-order chi connectivity index (χ1) is 15.6. The lowest BCUT2D eigenvalue weighted by Crippen LogP contribution is -2.17. The molecule has 0 nitrogen and oxygen atoms in total. The molecule has 174 valence electrons. The van der Waals surface area contributed by atoms with Crippen molar-refractivity contribution >= 4 is 0 Å². The third-order valence-electron chi connectivity index (χ3n) is 8.00. The number of fused-ring (bicyclic) bond motifs is 1.